The molecule has 1 saturated heterocycles. The van der Waals surface area contributed by atoms with Crippen LogP contribution < -0.4 is 10.1 Å². The van der Waals surface area contributed by atoms with Crippen molar-refractivity contribution in [1.29, 1.82) is 0 Å². The van der Waals surface area contributed by atoms with Gasteiger partial charge in [-0.2, -0.15) is 0 Å². The van der Waals surface area contributed by atoms with Gasteiger partial charge in [-0.05, 0) is 36.6 Å². The van der Waals surface area contributed by atoms with Crippen LogP contribution in [0, 0.1) is 0 Å². The fourth-order valence-electron chi connectivity index (χ4n) is 3.03. The zero-order valence-corrected chi connectivity index (χ0v) is 15.7. The number of ether oxygens (including phenoxy) is 2. The first-order valence-corrected chi connectivity index (χ1v) is 9.08. The van der Waals surface area contributed by atoms with Gasteiger partial charge in [0, 0.05) is 12.2 Å². The summed E-state index contributed by atoms with van der Waals surface area (Å²) in [4.78, 5) is 26.5. The smallest absolute Gasteiger partial charge is 0.410 e. The van der Waals surface area contributed by atoms with Crippen LogP contribution in [0.5, 0.6) is 5.75 Å². The number of carbonyl (C=O) groups excluding carboxylic acids is 2. The number of benzene rings is 2. The molecule has 142 valence electrons. The van der Waals surface area contributed by atoms with E-state index in [4.69, 9.17) is 21.1 Å². The molecule has 0 saturated carbocycles. The van der Waals surface area contributed by atoms with Gasteiger partial charge in [0.1, 0.15) is 18.4 Å². The van der Waals surface area contributed by atoms with Crippen LogP contribution in [-0.2, 0) is 16.1 Å². The number of methoxy groups -OCH3 is 1. The summed E-state index contributed by atoms with van der Waals surface area (Å²) in [7, 11) is 1.52. The third kappa shape index (κ3) is 4.71. The number of likely N-dealkylation sites (tertiary alicyclic amines) is 1. The van der Waals surface area contributed by atoms with Crippen LogP contribution in [0.15, 0.2) is 48.5 Å². The van der Waals surface area contributed by atoms with Crippen LogP contribution in [0.1, 0.15) is 18.4 Å². The molecular weight excluding hydrogens is 368 g/mol. The number of nitrogens with zero attached hydrogens (tertiary/aromatic N) is 1. The maximum Gasteiger partial charge on any atom is 0.410 e. The topological polar surface area (TPSA) is 67.9 Å². The van der Waals surface area contributed by atoms with E-state index in [0.29, 0.717) is 29.4 Å². The molecule has 1 fully saturated rings. The van der Waals surface area contributed by atoms with Crippen molar-refractivity contribution in [3.63, 3.8) is 0 Å². The Labute approximate surface area is 163 Å². The van der Waals surface area contributed by atoms with Gasteiger partial charge in [-0.15, -0.1) is 0 Å². The Hall–Kier alpha value is -2.73. The van der Waals surface area contributed by atoms with E-state index in [1.807, 2.05) is 30.3 Å². The highest BCUT2D eigenvalue weighted by Crippen LogP contribution is 2.28. The zero-order chi connectivity index (χ0) is 19.2. The van der Waals surface area contributed by atoms with Crippen LogP contribution in [0.4, 0.5) is 10.5 Å². The van der Waals surface area contributed by atoms with Gasteiger partial charge in [0.15, 0.2) is 0 Å². The minimum absolute atomic E-state index is 0.179. The molecule has 7 heteroatoms. The van der Waals surface area contributed by atoms with Crippen LogP contribution in [0.3, 0.4) is 0 Å². The van der Waals surface area contributed by atoms with Crippen LogP contribution >= 0.6 is 11.6 Å². The van der Waals surface area contributed by atoms with Crippen molar-refractivity contribution in [3.8, 4) is 5.75 Å². The molecule has 1 N–H and O–H groups in total. The number of hydrogen-bond acceptors (Lipinski definition) is 4. The first kappa shape index (κ1) is 19.0. The second-order valence-corrected chi connectivity index (χ2v) is 6.64. The standard InChI is InChI=1S/C20H21ClN2O4/c1-26-18-10-9-15(12-16(18)21)22-19(24)17-8-5-11-23(17)20(25)27-13-14-6-3-2-4-7-14/h2-4,6-7,9-10,12,17H,5,8,11,13H2,1H3,(H,22,24). The van der Waals surface area contributed by atoms with E-state index in [1.165, 1.54) is 12.0 Å². The lowest BCUT2D eigenvalue weighted by molar-refractivity contribution is -0.120. The SMILES string of the molecule is COc1ccc(NC(=O)C2CCCN2C(=O)OCc2ccccc2)cc1Cl. The largest absolute Gasteiger partial charge is 0.495 e. The van der Waals surface area contributed by atoms with Gasteiger partial charge in [-0.3, -0.25) is 9.69 Å². The lowest BCUT2D eigenvalue weighted by Gasteiger charge is -2.23. The number of rotatable bonds is 5. The highest BCUT2D eigenvalue weighted by atomic mass is 35.5. The molecule has 1 aliphatic heterocycles. The highest BCUT2D eigenvalue weighted by Gasteiger charge is 2.35. The summed E-state index contributed by atoms with van der Waals surface area (Å²) >= 11 is 6.09. The zero-order valence-electron chi connectivity index (χ0n) is 15.0. The Morgan fingerprint density at radius 3 is 2.70 bits per heavy atom. The Balaban J connectivity index is 1.60. The molecule has 27 heavy (non-hydrogen) atoms. The summed E-state index contributed by atoms with van der Waals surface area (Å²) in [6.45, 7) is 0.674. The molecule has 0 aromatic heterocycles. The molecule has 2 aromatic carbocycles. The van der Waals surface area contributed by atoms with Crippen LogP contribution in [0.2, 0.25) is 5.02 Å². The normalized spacial score (nSPS) is 16.1. The Bertz CT molecular complexity index is 813. The number of amides is 2. The lowest BCUT2D eigenvalue weighted by Crippen LogP contribution is -2.43. The van der Waals surface area contributed by atoms with E-state index in [9.17, 15) is 9.59 Å². The molecule has 0 bridgehead atoms. The molecular formula is C20H21ClN2O4. The van der Waals surface area contributed by atoms with E-state index >= 15 is 0 Å². The van der Waals surface area contributed by atoms with Crippen molar-refractivity contribution in [1.82, 2.24) is 4.90 Å². The number of carbonyl (C=O) groups is 2. The summed E-state index contributed by atoms with van der Waals surface area (Å²) in [5.41, 5.74) is 1.45. The average Bonchev–Trinajstić information content (AvgIpc) is 3.17. The first-order valence-electron chi connectivity index (χ1n) is 8.70. The van der Waals surface area contributed by atoms with Gasteiger partial charge < -0.3 is 14.8 Å². The number of anilines is 1. The van der Waals surface area contributed by atoms with Crippen molar-refractivity contribution >= 4 is 29.3 Å². The third-order valence-electron chi connectivity index (χ3n) is 4.41. The van der Waals surface area contributed by atoms with Crippen molar-refractivity contribution in [2.45, 2.75) is 25.5 Å². The third-order valence-corrected chi connectivity index (χ3v) is 4.71. The molecule has 6 nitrogen and oxygen atoms in total. The fraction of sp³-hybridized carbons (Fsp3) is 0.300. The maximum absolute atomic E-state index is 12.6. The minimum atomic E-state index is -0.561. The first-order chi connectivity index (χ1) is 13.1. The van der Waals surface area contributed by atoms with Gasteiger partial charge in [-0.1, -0.05) is 41.9 Å². The summed E-state index contributed by atoms with van der Waals surface area (Å²) in [5.74, 6) is 0.270. The molecule has 3 rings (SSSR count). The van der Waals surface area contributed by atoms with E-state index in [1.54, 1.807) is 18.2 Å². The van der Waals surface area contributed by atoms with Crippen molar-refractivity contribution in [3.05, 3.63) is 59.1 Å². The van der Waals surface area contributed by atoms with E-state index in [0.717, 1.165) is 12.0 Å². The summed E-state index contributed by atoms with van der Waals surface area (Å²) in [5, 5.41) is 3.21. The number of nitrogens with one attached hydrogen (secondary N) is 1. The second kappa shape index (κ2) is 8.77. The molecule has 0 spiro atoms. The second-order valence-electron chi connectivity index (χ2n) is 6.23. The Kier molecular flexibility index (Phi) is 6.19. The molecule has 1 heterocycles. The molecule has 0 aliphatic carbocycles. The molecule has 1 atom stereocenters. The Morgan fingerprint density at radius 1 is 1.22 bits per heavy atom. The van der Waals surface area contributed by atoms with Gasteiger partial charge in [-0.25, -0.2) is 4.79 Å². The summed E-state index contributed by atoms with van der Waals surface area (Å²) < 4.78 is 10.5. The van der Waals surface area contributed by atoms with Gasteiger partial charge in [0.2, 0.25) is 5.91 Å². The quantitative estimate of drug-likeness (QED) is 0.837. The van der Waals surface area contributed by atoms with Crippen molar-refractivity contribution in [2.24, 2.45) is 0 Å². The van der Waals surface area contributed by atoms with E-state index in [-0.39, 0.29) is 12.5 Å². The number of halogens is 1. The molecule has 2 amide bonds. The van der Waals surface area contributed by atoms with Gasteiger partial charge in [0.05, 0.1) is 12.1 Å². The lowest BCUT2D eigenvalue weighted by atomic mass is 10.2. The number of hydrogen-bond donors (Lipinski definition) is 1. The van der Waals surface area contributed by atoms with Gasteiger partial charge >= 0.3 is 6.09 Å². The minimum Gasteiger partial charge on any atom is -0.495 e. The Morgan fingerprint density at radius 2 is 2.00 bits per heavy atom. The maximum atomic E-state index is 12.6. The van der Waals surface area contributed by atoms with E-state index < -0.39 is 12.1 Å². The van der Waals surface area contributed by atoms with Gasteiger partial charge in [0.25, 0.3) is 0 Å². The molecule has 2 aromatic rings. The van der Waals surface area contributed by atoms with Crippen LogP contribution in [0.25, 0.3) is 0 Å². The van der Waals surface area contributed by atoms with Crippen molar-refractivity contribution < 1.29 is 19.1 Å². The average molecular weight is 389 g/mol. The monoisotopic (exact) mass is 388 g/mol. The molecule has 0 radical (unpaired) electrons. The van der Waals surface area contributed by atoms with Crippen molar-refractivity contribution in [2.75, 3.05) is 19.0 Å². The molecule has 1 unspecified atom stereocenters. The molecule has 1 aliphatic rings. The predicted octanol–water partition coefficient (Wildman–Crippen LogP) is 4.09. The summed E-state index contributed by atoms with van der Waals surface area (Å²) in [6, 6.07) is 13.9. The highest BCUT2D eigenvalue weighted by molar-refractivity contribution is 6.32. The summed E-state index contributed by atoms with van der Waals surface area (Å²) in [6.07, 6.45) is 0.863. The van der Waals surface area contributed by atoms with Crippen LogP contribution in [-0.4, -0.2) is 36.6 Å². The van der Waals surface area contributed by atoms with E-state index in [2.05, 4.69) is 5.32 Å². The predicted molar refractivity (Wildman–Crippen MR) is 103 cm³/mol. The fourth-order valence-corrected chi connectivity index (χ4v) is 3.29.